The van der Waals surface area contributed by atoms with Gasteiger partial charge in [0.05, 0.1) is 11.0 Å². The van der Waals surface area contributed by atoms with Crippen molar-refractivity contribution < 1.29 is 21.1 Å². The average molecular weight is 921 g/mol. The number of hydrogen-bond acceptors (Lipinski definition) is 2. The number of aryl methyl sites for hydroxylation is 1. The Bertz CT molecular complexity index is 3160. The first-order valence-electron chi connectivity index (χ1n) is 19.5. The minimum atomic E-state index is -0.0273. The van der Waals surface area contributed by atoms with Gasteiger partial charge in [0.25, 0.3) is 0 Å². The Morgan fingerprint density at radius 2 is 1.30 bits per heavy atom. The molecule has 0 atom stereocenters. The summed E-state index contributed by atoms with van der Waals surface area (Å²) < 4.78 is 4.60. The first-order chi connectivity index (χ1) is 26.9. The average Bonchev–Trinajstić information content (AvgIpc) is 3.87. The van der Waals surface area contributed by atoms with Crippen molar-refractivity contribution in [1.29, 1.82) is 0 Å². The quantitative estimate of drug-likeness (QED) is 0.165. The first-order valence-corrected chi connectivity index (χ1v) is 19.5. The minimum absolute atomic E-state index is 0. The maximum atomic E-state index is 5.54. The number of aromatic nitrogens is 5. The van der Waals surface area contributed by atoms with Gasteiger partial charge in [0.1, 0.15) is 11.6 Å². The van der Waals surface area contributed by atoms with Gasteiger partial charge in [-0.1, -0.05) is 137 Å². The smallest absolute Gasteiger partial charge is 0.656 e. The Morgan fingerprint density at radius 1 is 0.596 bits per heavy atom. The number of benzene rings is 6. The molecule has 0 spiro atoms. The molecule has 10 rings (SSSR count). The molecule has 0 unspecified atom stereocenters. The first kappa shape index (κ1) is 36.8. The van der Waals surface area contributed by atoms with Crippen LogP contribution in [-0.2, 0) is 31.9 Å². The summed E-state index contributed by atoms with van der Waals surface area (Å²) in [5, 5.41) is 4.61. The molecule has 4 aromatic heterocycles. The van der Waals surface area contributed by atoms with E-state index in [1.807, 2.05) is 6.20 Å². The zero-order valence-corrected chi connectivity index (χ0v) is 35.5. The van der Waals surface area contributed by atoms with Crippen molar-refractivity contribution >= 4 is 54.6 Å². The van der Waals surface area contributed by atoms with E-state index in [-0.39, 0.29) is 31.9 Å². The second-order valence-corrected chi connectivity index (χ2v) is 17.2. The minimum Gasteiger partial charge on any atom is -0.656 e. The fourth-order valence-electron chi connectivity index (χ4n) is 8.24. The maximum Gasteiger partial charge on any atom is 2.00 e. The summed E-state index contributed by atoms with van der Waals surface area (Å²) in [5.74, 6) is 1.75. The van der Waals surface area contributed by atoms with Crippen molar-refractivity contribution in [3.8, 4) is 34.0 Å². The number of rotatable bonds is 4. The summed E-state index contributed by atoms with van der Waals surface area (Å²) >= 11 is 0. The van der Waals surface area contributed by atoms with Crippen LogP contribution in [0.3, 0.4) is 0 Å². The van der Waals surface area contributed by atoms with Gasteiger partial charge in [0, 0.05) is 23.0 Å². The van der Waals surface area contributed by atoms with Crippen molar-refractivity contribution in [2.24, 2.45) is 0 Å². The van der Waals surface area contributed by atoms with Crippen molar-refractivity contribution in [2.45, 2.75) is 59.3 Å². The van der Waals surface area contributed by atoms with Crippen LogP contribution in [-0.4, -0.2) is 19.1 Å². The van der Waals surface area contributed by atoms with Gasteiger partial charge in [0.15, 0.2) is 0 Å². The Hall–Kier alpha value is -5.77. The van der Waals surface area contributed by atoms with Crippen LogP contribution in [0, 0.1) is 13.0 Å². The molecule has 0 aliphatic carbocycles. The molecule has 6 heteroatoms. The standard InChI is InChI=1S/C51H43N5.Pt/c1-31-18-22-35(23-19-31)55-43-17-11-13-36(48(43)54-49(55)41-15-10-14-40-37-12-8-9-16-42(37)53-47(40)41)32-20-24-38-39-25-21-33(50(2,3)4)29-45(39)56(44(38)28-32)46-30-34(26-27-52-46)51(5,6)7;/h8-27,29-30H,1-7H3;/q-2;+2. The zero-order valence-electron chi connectivity index (χ0n) is 33.3. The van der Waals surface area contributed by atoms with Crippen LogP contribution in [0.15, 0.2) is 134 Å². The number of nitrogens with zero attached hydrogens (tertiary/aromatic N) is 5. The van der Waals surface area contributed by atoms with E-state index < -0.39 is 0 Å². The van der Waals surface area contributed by atoms with Gasteiger partial charge < -0.3 is 9.55 Å². The summed E-state index contributed by atoms with van der Waals surface area (Å²) in [6.45, 7) is 15.7. The number of fused-ring (bicyclic) bond motifs is 7. The van der Waals surface area contributed by atoms with Gasteiger partial charge >= 0.3 is 21.1 Å². The molecule has 0 radical (unpaired) electrons. The Kier molecular flexibility index (Phi) is 8.68. The van der Waals surface area contributed by atoms with E-state index in [0.29, 0.717) is 0 Å². The summed E-state index contributed by atoms with van der Waals surface area (Å²) in [4.78, 5) is 15.7. The number of imidazole rings is 1. The van der Waals surface area contributed by atoms with E-state index in [9.17, 15) is 0 Å². The van der Waals surface area contributed by atoms with E-state index in [1.54, 1.807) is 0 Å². The zero-order chi connectivity index (χ0) is 38.5. The molecule has 0 fully saturated rings. The fraction of sp³-hybridized carbons (Fsp3) is 0.176. The van der Waals surface area contributed by atoms with Gasteiger partial charge in [0.2, 0.25) is 0 Å². The summed E-state index contributed by atoms with van der Waals surface area (Å²) in [6, 6.07) is 49.6. The fourth-order valence-corrected chi connectivity index (χ4v) is 8.24. The second kappa shape index (κ2) is 13.4. The second-order valence-electron chi connectivity index (χ2n) is 17.2. The third kappa shape index (κ3) is 6.03. The SMILES string of the molecule is Cc1ccc(-n2c(-c3cccc4c3[n-]c3ccccc34)nc3c(-c4[c-]c5c(cc4)c4ccc(C(C)(C)C)cc4n5-c4cc(C(C)(C)C)ccn4)cccc32)cc1.[Pt+2]. The molecule has 0 saturated carbocycles. The molecular formula is C51H43N5Pt. The Labute approximate surface area is 347 Å². The van der Waals surface area contributed by atoms with Crippen LogP contribution in [0.1, 0.15) is 58.2 Å². The van der Waals surface area contributed by atoms with E-state index in [2.05, 4.69) is 191 Å². The molecule has 0 aliphatic heterocycles. The molecule has 4 heterocycles. The predicted octanol–water partition coefficient (Wildman–Crippen LogP) is 12.8. The maximum absolute atomic E-state index is 5.54. The molecule has 10 aromatic rings. The van der Waals surface area contributed by atoms with Crippen LogP contribution < -0.4 is 4.98 Å². The van der Waals surface area contributed by atoms with Crippen molar-refractivity contribution in [3.05, 3.63) is 156 Å². The molecule has 57 heavy (non-hydrogen) atoms. The largest absolute Gasteiger partial charge is 2.00 e. The van der Waals surface area contributed by atoms with Gasteiger partial charge in [-0.2, -0.15) is 0 Å². The van der Waals surface area contributed by atoms with Gasteiger partial charge in [-0.15, -0.1) is 34.8 Å². The van der Waals surface area contributed by atoms with Crippen molar-refractivity contribution in [1.82, 2.24) is 24.1 Å². The topological polar surface area (TPSA) is 49.7 Å². The third-order valence-electron chi connectivity index (χ3n) is 11.4. The number of pyridine rings is 1. The molecule has 0 amide bonds. The molecule has 0 N–H and O–H groups in total. The predicted molar refractivity (Wildman–Crippen MR) is 233 cm³/mol. The molecular weight excluding hydrogens is 878 g/mol. The van der Waals surface area contributed by atoms with Gasteiger partial charge in [-0.05, 0) is 87.0 Å². The van der Waals surface area contributed by atoms with E-state index in [1.165, 1.54) is 22.1 Å². The molecule has 0 aliphatic rings. The molecule has 0 saturated heterocycles. The van der Waals surface area contributed by atoms with E-state index in [0.717, 1.165) is 83.3 Å². The van der Waals surface area contributed by atoms with Crippen molar-refractivity contribution in [2.75, 3.05) is 0 Å². The Morgan fingerprint density at radius 3 is 2.09 bits per heavy atom. The van der Waals surface area contributed by atoms with Gasteiger partial charge in [-0.3, -0.25) is 4.57 Å². The van der Waals surface area contributed by atoms with E-state index >= 15 is 0 Å². The van der Waals surface area contributed by atoms with Crippen LogP contribution in [0.4, 0.5) is 0 Å². The summed E-state index contributed by atoms with van der Waals surface area (Å²) in [6.07, 6.45) is 1.94. The molecule has 5 nitrogen and oxygen atoms in total. The molecule has 6 aromatic carbocycles. The van der Waals surface area contributed by atoms with E-state index in [4.69, 9.17) is 15.0 Å². The molecule has 282 valence electrons. The summed E-state index contributed by atoms with van der Waals surface area (Å²) in [5.41, 5.74) is 13.8. The molecule has 0 bridgehead atoms. The van der Waals surface area contributed by atoms with Crippen LogP contribution in [0.2, 0.25) is 0 Å². The van der Waals surface area contributed by atoms with Crippen LogP contribution in [0.5, 0.6) is 0 Å². The van der Waals surface area contributed by atoms with Crippen LogP contribution in [0.25, 0.3) is 88.7 Å². The summed E-state index contributed by atoms with van der Waals surface area (Å²) in [7, 11) is 0. The third-order valence-corrected chi connectivity index (χ3v) is 11.4. The number of hydrogen-bond donors (Lipinski definition) is 0. The van der Waals surface area contributed by atoms with Gasteiger partial charge in [-0.25, -0.2) is 9.97 Å². The Balaban J connectivity index is 0.00000422. The normalized spacial score (nSPS) is 12.3. The van der Waals surface area contributed by atoms with Crippen molar-refractivity contribution in [3.63, 3.8) is 0 Å². The number of para-hydroxylation sites is 3. The monoisotopic (exact) mass is 920 g/mol. The van der Waals surface area contributed by atoms with Crippen LogP contribution >= 0.6 is 0 Å².